The Balaban J connectivity index is 1.19. The van der Waals surface area contributed by atoms with E-state index >= 15 is 0 Å². The van der Waals surface area contributed by atoms with E-state index in [1.807, 2.05) is 37.3 Å². The molecule has 0 radical (unpaired) electrons. The lowest BCUT2D eigenvalue weighted by molar-refractivity contribution is -0.122. The van der Waals surface area contributed by atoms with Crippen molar-refractivity contribution in [2.45, 2.75) is 38.5 Å². The molecule has 3 aromatic carbocycles. The summed E-state index contributed by atoms with van der Waals surface area (Å²) >= 11 is 3.42. The number of anilines is 2. The van der Waals surface area contributed by atoms with Crippen LogP contribution >= 0.6 is 15.9 Å². The summed E-state index contributed by atoms with van der Waals surface area (Å²) in [6.45, 7) is 1.55. The number of ether oxygens (including phenoxy) is 1. The Labute approximate surface area is 235 Å². The summed E-state index contributed by atoms with van der Waals surface area (Å²) in [6, 6.07) is 21.8. The second-order valence-corrected chi connectivity index (χ2v) is 10.9. The van der Waals surface area contributed by atoms with Crippen LogP contribution < -0.4 is 10.2 Å². The maximum atomic E-state index is 13.3. The minimum atomic E-state index is -0.665. The van der Waals surface area contributed by atoms with Gasteiger partial charge < -0.3 is 10.1 Å². The summed E-state index contributed by atoms with van der Waals surface area (Å²) < 4.78 is 6.11. The summed E-state index contributed by atoms with van der Waals surface area (Å²) in [7, 11) is 0. The van der Waals surface area contributed by atoms with Gasteiger partial charge in [0.2, 0.25) is 11.8 Å². The zero-order chi connectivity index (χ0) is 27.5. The van der Waals surface area contributed by atoms with Crippen molar-refractivity contribution in [2.24, 2.45) is 11.8 Å². The van der Waals surface area contributed by atoms with Crippen LogP contribution in [0.5, 0.6) is 0 Å². The minimum absolute atomic E-state index is 0.178. The molecular weight excluding hydrogens is 560 g/mol. The van der Waals surface area contributed by atoms with Crippen molar-refractivity contribution in [1.82, 2.24) is 0 Å². The number of carbonyl (C=O) groups is 4. The molecule has 3 atom stereocenters. The van der Waals surface area contributed by atoms with E-state index in [9.17, 15) is 19.2 Å². The largest absolute Gasteiger partial charge is 0.452 e. The first-order valence-corrected chi connectivity index (χ1v) is 13.9. The molecule has 3 aromatic rings. The third-order valence-electron chi connectivity index (χ3n) is 7.61. The highest BCUT2D eigenvalue weighted by molar-refractivity contribution is 9.10. The highest BCUT2D eigenvalue weighted by atomic mass is 79.9. The number of aryl methyl sites for hydroxylation is 1. The first-order chi connectivity index (χ1) is 18.9. The first kappa shape index (κ1) is 26.8. The van der Waals surface area contributed by atoms with E-state index in [1.165, 1.54) is 22.6 Å². The molecule has 2 fully saturated rings. The number of esters is 1. The molecule has 1 saturated heterocycles. The van der Waals surface area contributed by atoms with E-state index in [0.29, 0.717) is 24.2 Å². The van der Waals surface area contributed by atoms with Crippen LogP contribution in [-0.2, 0) is 25.5 Å². The fraction of sp³-hybridized carbons (Fsp3) is 0.290. The zero-order valence-corrected chi connectivity index (χ0v) is 23.1. The predicted molar refractivity (Wildman–Crippen MR) is 151 cm³/mol. The summed E-state index contributed by atoms with van der Waals surface area (Å²) in [6.07, 6.45) is 2.94. The van der Waals surface area contributed by atoms with Gasteiger partial charge in [0.05, 0.1) is 23.1 Å². The lowest BCUT2D eigenvalue weighted by atomic mass is 9.73. The van der Waals surface area contributed by atoms with E-state index in [2.05, 4.69) is 33.4 Å². The molecule has 39 heavy (non-hydrogen) atoms. The maximum absolute atomic E-state index is 13.3. The van der Waals surface area contributed by atoms with Crippen LogP contribution in [0.15, 0.2) is 77.3 Å². The molecule has 0 aromatic heterocycles. The summed E-state index contributed by atoms with van der Waals surface area (Å²) in [4.78, 5) is 52.6. The Bertz CT molecular complexity index is 1410. The van der Waals surface area contributed by atoms with E-state index in [0.717, 1.165) is 22.9 Å². The summed E-state index contributed by atoms with van der Waals surface area (Å²) in [5.41, 5.74) is 3.49. The number of nitrogens with one attached hydrogen (secondary N) is 1. The number of hydrogen-bond acceptors (Lipinski definition) is 5. The number of imide groups is 1. The smallest absolute Gasteiger partial charge is 0.338 e. The standard InChI is InChI=1S/C31H29BrN2O5/c1-2-19-16-23(32)11-15-27(19)33-28(35)18-39-31(38)21-8-12-24(13-9-21)34-29(36)25-14-10-22(17-26(25)30(34)37)20-6-4-3-5-7-20/h3-9,11-13,15-16,22,25-26H,2,10,14,17-18H2,1H3,(H,33,35)/t22-,25+,26-/m0/s1. The molecule has 5 rings (SSSR count). The molecule has 1 N–H and O–H groups in total. The number of nitrogens with zero attached hydrogens (tertiary/aromatic N) is 1. The zero-order valence-electron chi connectivity index (χ0n) is 21.6. The monoisotopic (exact) mass is 588 g/mol. The number of hydrogen-bond donors (Lipinski definition) is 1. The van der Waals surface area contributed by atoms with Gasteiger partial charge in [-0.1, -0.05) is 53.2 Å². The Morgan fingerprint density at radius 1 is 0.949 bits per heavy atom. The van der Waals surface area contributed by atoms with E-state index in [-0.39, 0.29) is 35.1 Å². The number of benzene rings is 3. The quantitative estimate of drug-likeness (QED) is 0.275. The number of halogens is 1. The second-order valence-electron chi connectivity index (χ2n) is 9.97. The van der Waals surface area contributed by atoms with Crippen molar-refractivity contribution in [2.75, 3.05) is 16.8 Å². The molecule has 2 aliphatic rings. The average molecular weight is 589 g/mol. The van der Waals surface area contributed by atoms with Crippen molar-refractivity contribution in [1.29, 1.82) is 0 Å². The van der Waals surface area contributed by atoms with Crippen molar-refractivity contribution < 1.29 is 23.9 Å². The molecule has 0 unspecified atom stereocenters. The number of fused-ring (bicyclic) bond motifs is 1. The third-order valence-corrected chi connectivity index (χ3v) is 8.11. The van der Waals surface area contributed by atoms with Gasteiger partial charge in [0.15, 0.2) is 6.61 Å². The van der Waals surface area contributed by atoms with Crippen LogP contribution in [0.25, 0.3) is 0 Å². The van der Waals surface area contributed by atoms with Gasteiger partial charge in [-0.2, -0.15) is 0 Å². The number of amides is 3. The van der Waals surface area contributed by atoms with Crippen LogP contribution in [0.4, 0.5) is 11.4 Å². The number of rotatable bonds is 7. The molecular formula is C31H29BrN2O5. The normalized spacial score (nSPS) is 20.5. The molecule has 8 heteroatoms. The SMILES string of the molecule is CCc1cc(Br)ccc1NC(=O)COC(=O)c1ccc(N2C(=O)[C@H]3C[C@@H](c4ccccc4)CC[C@H]3C2=O)cc1. The fourth-order valence-corrected chi connectivity index (χ4v) is 5.99. The van der Waals surface area contributed by atoms with Gasteiger partial charge in [0, 0.05) is 10.2 Å². The van der Waals surface area contributed by atoms with Crippen molar-refractivity contribution >= 4 is 51.0 Å². The topological polar surface area (TPSA) is 92.8 Å². The van der Waals surface area contributed by atoms with Gasteiger partial charge in [0.25, 0.3) is 5.91 Å². The summed E-state index contributed by atoms with van der Waals surface area (Å²) in [5, 5.41) is 2.77. The van der Waals surface area contributed by atoms with Gasteiger partial charge >= 0.3 is 5.97 Å². The molecule has 3 amide bonds. The van der Waals surface area contributed by atoms with Crippen molar-refractivity contribution in [3.05, 3.63) is 94.0 Å². The highest BCUT2D eigenvalue weighted by Crippen LogP contribution is 2.45. The molecule has 0 bridgehead atoms. The van der Waals surface area contributed by atoms with Crippen LogP contribution in [-0.4, -0.2) is 30.3 Å². The van der Waals surface area contributed by atoms with Crippen molar-refractivity contribution in [3.8, 4) is 0 Å². The van der Waals surface area contributed by atoms with Gasteiger partial charge in [0.1, 0.15) is 0 Å². The predicted octanol–water partition coefficient (Wildman–Crippen LogP) is 5.88. The Morgan fingerprint density at radius 3 is 2.38 bits per heavy atom. The van der Waals surface area contributed by atoms with E-state index < -0.39 is 18.5 Å². The van der Waals surface area contributed by atoms with E-state index in [1.54, 1.807) is 18.2 Å². The fourth-order valence-electron chi connectivity index (χ4n) is 5.59. The van der Waals surface area contributed by atoms with Crippen LogP contribution in [0, 0.1) is 11.8 Å². The van der Waals surface area contributed by atoms with Gasteiger partial charge in [-0.05, 0) is 85.2 Å². The highest BCUT2D eigenvalue weighted by Gasteiger charge is 2.50. The molecule has 0 spiro atoms. The van der Waals surface area contributed by atoms with Crippen LogP contribution in [0.3, 0.4) is 0 Å². The summed E-state index contributed by atoms with van der Waals surface area (Å²) in [5.74, 6) is -1.85. The van der Waals surface area contributed by atoms with Crippen molar-refractivity contribution in [3.63, 3.8) is 0 Å². The van der Waals surface area contributed by atoms with Gasteiger partial charge in [-0.25, -0.2) is 4.79 Å². The molecule has 1 aliphatic heterocycles. The second kappa shape index (κ2) is 11.5. The van der Waals surface area contributed by atoms with Gasteiger partial charge in [-0.15, -0.1) is 0 Å². The lowest BCUT2D eigenvalue weighted by Crippen LogP contribution is -2.30. The van der Waals surface area contributed by atoms with Crippen LogP contribution in [0.2, 0.25) is 0 Å². The Kier molecular flexibility index (Phi) is 7.93. The first-order valence-electron chi connectivity index (χ1n) is 13.1. The minimum Gasteiger partial charge on any atom is -0.452 e. The lowest BCUT2D eigenvalue weighted by Gasteiger charge is -2.28. The number of carbonyl (C=O) groups excluding carboxylic acids is 4. The van der Waals surface area contributed by atoms with Crippen LogP contribution in [0.1, 0.15) is 53.6 Å². The molecule has 7 nitrogen and oxygen atoms in total. The molecule has 1 heterocycles. The average Bonchev–Trinajstić information content (AvgIpc) is 3.22. The third kappa shape index (κ3) is 5.66. The van der Waals surface area contributed by atoms with E-state index in [4.69, 9.17) is 4.74 Å². The molecule has 200 valence electrons. The molecule has 1 saturated carbocycles. The maximum Gasteiger partial charge on any atom is 0.338 e. The molecule has 1 aliphatic carbocycles. The Hall–Kier alpha value is -3.78. The Morgan fingerprint density at radius 2 is 1.67 bits per heavy atom. The van der Waals surface area contributed by atoms with Gasteiger partial charge in [-0.3, -0.25) is 19.3 Å².